The van der Waals surface area contributed by atoms with E-state index in [-0.39, 0.29) is 17.2 Å². The number of hydrazone groups is 1. The number of nitrogens with zero attached hydrogens (tertiary/aromatic N) is 3. The molecule has 9 heteroatoms. The Morgan fingerprint density at radius 3 is 1.83 bits per heavy atom. The molecule has 0 heterocycles. The summed E-state index contributed by atoms with van der Waals surface area (Å²) < 4.78 is 0. The second-order valence-electron chi connectivity index (χ2n) is 6.11. The largest absolute Gasteiger partial charge is 0.323 e. The van der Waals surface area contributed by atoms with Crippen LogP contribution in [0.2, 0.25) is 0 Å². The molecular weight excluding hydrogens is 376 g/mol. The average molecular weight is 400 g/mol. The number of nitrogens with two attached hydrogens (primary N) is 1. The van der Waals surface area contributed by atoms with Crippen molar-refractivity contribution in [3.8, 4) is 0 Å². The molecule has 154 valence electrons. The molecule has 0 saturated carbocycles. The summed E-state index contributed by atoms with van der Waals surface area (Å²) in [5, 5.41) is 24.6. The van der Waals surface area contributed by atoms with Crippen molar-refractivity contribution >= 4 is 22.9 Å². The van der Waals surface area contributed by atoms with Gasteiger partial charge in [-0.05, 0) is 12.8 Å². The molecule has 2 aromatic rings. The third-order valence-electron chi connectivity index (χ3n) is 3.89. The summed E-state index contributed by atoms with van der Waals surface area (Å²) in [5.41, 5.74) is 1.85. The molecule has 0 fully saturated rings. The molecular formula is C20H24N4O5. The number of carbonyl (C=O) groups excluding carboxylic acids is 1. The molecule has 0 aliphatic heterocycles. The number of Topliss-reactive ketones (excluding diaryl/α,β-unsaturated/α-hetero) is 1. The maximum atomic E-state index is 11.4. The SMILES string of the molecule is CCC/C(=N\N)c1cccc([N+](=O)[O-])c1.CCCC(=O)c1cccc([N+](=O)[O-])c1. The van der Waals surface area contributed by atoms with Gasteiger partial charge in [0.15, 0.2) is 5.78 Å². The molecule has 0 spiro atoms. The maximum absolute atomic E-state index is 11.4. The first-order chi connectivity index (χ1) is 13.8. The predicted octanol–water partition coefficient (Wildman–Crippen LogP) is 4.64. The predicted molar refractivity (Wildman–Crippen MR) is 111 cm³/mol. The van der Waals surface area contributed by atoms with Crippen LogP contribution in [0.3, 0.4) is 0 Å². The molecule has 0 radical (unpaired) electrons. The lowest BCUT2D eigenvalue weighted by Crippen LogP contribution is -2.04. The summed E-state index contributed by atoms with van der Waals surface area (Å²) in [4.78, 5) is 31.5. The van der Waals surface area contributed by atoms with Crippen LogP contribution < -0.4 is 5.84 Å². The van der Waals surface area contributed by atoms with Gasteiger partial charge in [-0.3, -0.25) is 25.0 Å². The second kappa shape index (κ2) is 12.0. The number of ketones is 1. The van der Waals surface area contributed by atoms with Crippen molar-refractivity contribution in [2.24, 2.45) is 10.9 Å². The van der Waals surface area contributed by atoms with E-state index in [0.29, 0.717) is 23.3 Å². The molecule has 0 atom stereocenters. The van der Waals surface area contributed by atoms with Crippen LogP contribution in [0.15, 0.2) is 53.6 Å². The zero-order chi connectivity index (χ0) is 21.8. The van der Waals surface area contributed by atoms with E-state index in [9.17, 15) is 25.0 Å². The van der Waals surface area contributed by atoms with Gasteiger partial charge in [0.2, 0.25) is 0 Å². The summed E-state index contributed by atoms with van der Waals surface area (Å²) >= 11 is 0. The van der Waals surface area contributed by atoms with Gasteiger partial charge in [0.1, 0.15) is 0 Å². The quantitative estimate of drug-likeness (QED) is 0.225. The average Bonchev–Trinajstić information content (AvgIpc) is 2.72. The van der Waals surface area contributed by atoms with Crippen LogP contribution in [0, 0.1) is 20.2 Å². The minimum absolute atomic E-state index is 0.0352. The number of nitro benzene ring substituents is 2. The summed E-state index contributed by atoms with van der Waals surface area (Å²) in [7, 11) is 0. The highest BCUT2D eigenvalue weighted by atomic mass is 16.6. The Hall–Kier alpha value is -3.62. The van der Waals surface area contributed by atoms with Crippen LogP contribution >= 0.6 is 0 Å². The molecule has 2 rings (SSSR count). The molecule has 0 bridgehead atoms. The first kappa shape index (κ1) is 23.4. The van der Waals surface area contributed by atoms with Gasteiger partial charge in [-0.25, -0.2) is 0 Å². The van der Waals surface area contributed by atoms with Crippen molar-refractivity contribution < 1.29 is 14.6 Å². The normalized spacial score (nSPS) is 10.6. The molecule has 0 amide bonds. The lowest BCUT2D eigenvalue weighted by molar-refractivity contribution is -0.385. The first-order valence-electron chi connectivity index (χ1n) is 9.13. The molecule has 9 nitrogen and oxygen atoms in total. The van der Waals surface area contributed by atoms with Crippen LogP contribution in [-0.4, -0.2) is 21.3 Å². The van der Waals surface area contributed by atoms with E-state index < -0.39 is 9.85 Å². The van der Waals surface area contributed by atoms with E-state index in [1.54, 1.807) is 18.2 Å². The topological polar surface area (TPSA) is 142 Å². The zero-order valence-corrected chi connectivity index (χ0v) is 16.4. The molecule has 0 aliphatic carbocycles. The minimum atomic E-state index is -0.497. The van der Waals surface area contributed by atoms with Crippen molar-refractivity contribution in [1.29, 1.82) is 0 Å². The molecule has 0 saturated heterocycles. The number of carbonyl (C=O) groups is 1. The molecule has 29 heavy (non-hydrogen) atoms. The monoisotopic (exact) mass is 400 g/mol. The summed E-state index contributed by atoms with van der Waals surface area (Å²) in [5.74, 6) is 5.19. The van der Waals surface area contributed by atoms with Gasteiger partial charge in [0.05, 0.1) is 15.6 Å². The highest BCUT2D eigenvalue weighted by Crippen LogP contribution is 2.16. The Labute approximate surface area is 168 Å². The Morgan fingerprint density at radius 1 is 0.897 bits per heavy atom. The number of non-ortho nitro benzene ring substituents is 2. The number of hydrogen-bond donors (Lipinski definition) is 1. The van der Waals surface area contributed by atoms with Crippen molar-refractivity contribution in [1.82, 2.24) is 0 Å². The molecule has 2 aromatic carbocycles. The minimum Gasteiger partial charge on any atom is -0.323 e. The van der Waals surface area contributed by atoms with Gasteiger partial charge in [0.25, 0.3) is 11.4 Å². The summed E-state index contributed by atoms with van der Waals surface area (Å²) in [6.45, 7) is 3.90. The van der Waals surface area contributed by atoms with E-state index in [4.69, 9.17) is 5.84 Å². The number of benzene rings is 2. The van der Waals surface area contributed by atoms with Crippen LogP contribution in [0.1, 0.15) is 55.5 Å². The Bertz CT molecular complexity index is 896. The van der Waals surface area contributed by atoms with Gasteiger partial charge >= 0.3 is 0 Å². The first-order valence-corrected chi connectivity index (χ1v) is 9.13. The van der Waals surface area contributed by atoms with E-state index in [1.807, 2.05) is 13.8 Å². The maximum Gasteiger partial charge on any atom is 0.270 e. The molecule has 2 N–H and O–H groups in total. The van der Waals surface area contributed by atoms with Crippen molar-refractivity contribution in [2.75, 3.05) is 0 Å². The number of hydrogen-bond acceptors (Lipinski definition) is 7. The summed E-state index contributed by atoms with van der Waals surface area (Å²) in [6.07, 6.45) is 2.80. The standard InChI is InChI=1S/C10H13N3O2.C10H11NO3/c1-2-4-10(12-11)8-5-3-6-9(7-8)13(14)15;1-2-4-10(12)8-5-3-6-9(7-8)11(13)14/h3,5-7H,2,4,11H2,1H3;3,5-7H,2,4H2,1H3/b12-10+;. The van der Waals surface area contributed by atoms with Crippen LogP contribution in [0.25, 0.3) is 0 Å². The Kier molecular flexibility index (Phi) is 9.66. The fraction of sp³-hybridized carbons (Fsp3) is 0.300. The lowest BCUT2D eigenvalue weighted by atomic mass is 10.1. The van der Waals surface area contributed by atoms with Gasteiger partial charge in [0, 0.05) is 41.8 Å². The molecule has 0 aliphatic rings. The fourth-order valence-corrected chi connectivity index (χ4v) is 2.48. The number of nitro groups is 2. The van der Waals surface area contributed by atoms with Crippen LogP contribution in [-0.2, 0) is 0 Å². The fourth-order valence-electron chi connectivity index (χ4n) is 2.48. The number of rotatable bonds is 8. The van der Waals surface area contributed by atoms with Gasteiger partial charge < -0.3 is 5.84 Å². The van der Waals surface area contributed by atoms with Gasteiger partial charge in [-0.2, -0.15) is 5.10 Å². The smallest absolute Gasteiger partial charge is 0.270 e. The Morgan fingerprint density at radius 2 is 1.38 bits per heavy atom. The summed E-state index contributed by atoms with van der Waals surface area (Å²) in [6, 6.07) is 12.2. The lowest BCUT2D eigenvalue weighted by Gasteiger charge is -2.02. The zero-order valence-electron chi connectivity index (χ0n) is 16.4. The van der Waals surface area contributed by atoms with Crippen molar-refractivity contribution in [3.63, 3.8) is 0 Å². The van der Waals surface area contributed by atoms with Crippen molar-refractivity contribution in [3.05, 3.63) is 79.9 Å². The van der Waals surface area contributed by atoms with Crippen molar-refractivity contribution in [2.45, 2.75) is 39.5 Å². The molecule has 0 aromatic heterocycles. The third-order valence-corrected chi connectivity index (χ3v) is 3.89. The van der Waals surface area contributed by atoms with E-state index in [0.717, 1.165) is 19.3 Å². The highest BCUT2D eigenvalue weighted by molar-refractivity contribution is 6.00. The third kappa shape index (κ3) is 7.49. The Balaban J connectivity index is 0.000000291. The highest BCUT2D eigenvalue weighted by Gasteiger charge is 2.10. The van der Waals surface area contributed by atoms with E-state index in [2.05, 4.69) is 5.10 Å². The van der Waals surface area contributed by atoms with E-state index in [1.165, 1.54) is 30.3 Å². The van der Waals surface area contributed by atoms with Gasteiger partial charge in [-0.1, -0.05) is 44.5 Å². The molecule has 0 unspecified atom stereocenters. The second-order valence-corrected chi connectivity index (χ2v) is 6.11. The van der Waals surface area contributed by atoms with Crippen LogP contribution in [0.5, 0.6) is 0 Å². The van der Waals surface area contributed by atoms with Gasteiger partial charge in [-0.15, -0.1) is 0 Å². The van der Waals surface area contributed by atoms with E-state index >= 15 is 0 Å². The van der Waals surface area contributed by atoms with Crippen LogP contribution in [0.4, 0.5) is 11.4 Å².